The number of aliphatic imine (C=N–C) groups is 4. The molecular formula is C41H40F2N6. The van der Waals surface area contributed by atoms with E-state index >= 15 is 0 Å². The second-order valence-corrected chi connectivity index (χ2v) is 12.3. The fourth-order valence-corrected chi connectivity index (χ4v) is 5.28. The number of aryl methyl sites for hydroxylation is 3. The topological polar surface area (TPSA) is 75.2 Å². The Labute approximate surface area is 287 Å². The predicted octanol–water partition coefficient (Wildman–Crippen LogP) is 10.9. The molecule has 0 bridgehead atoms. The molecular weight excluding hydrogens is 614 g/mol. The van der Waals surface area contributed by atoms with Crippen molar-refractivity contribution in [2.45, 2.75) is 62.3 Å². The molecule has 0 aliphatic rings. The summed E-state index contributed by atoms with van der Waals surface area (Å²) in [6.07, 6.45) is 0. The summed E-state index contributed by atoms with van der Waals surface area (Å²) >= 11 is 0. The van der Waals surface area contributed by atoms with Gasteiger partial charge in [0.05, 0.1) is 68.4 Å². The van der Waals surface area contributed by atoms with Gasteiger partial charge in [-0.05, 0) is 145 Å². The number of hydrogen-bond donors (Lipinski definition) is 0. The summed E-state index contributed by atoms with van der Waals surface area (Å²) in [5.41, 5.74) is 12.7. The lowest BCUT2D eigenvalue weighted by Gasteiger charge is -2.14. The van der Waals surface area contributed by atoms with Crippen molar-refractivity contribution in [1.82, 2.24) is 9.97 Å². The summed E-state index contributed by atoms with van der Waals surface area (Å²) < 4.78 is 28.1. The van der Waals surface area contributed by atoms with E-state index in [1.165, 1.54) is 12.1 Å². The van der Waals surface area contributed by atoms with Crippen molar-refractivity contribution >= 4 is 45.6 Å². The van der Waals surface area contributed by atoms with Gasteiger partial charge in [-0.1, -0.05) is 24.3 Å². The Hall–Kier alpha value is -5.50. The Bertz CT molecular complexity index is 2190. The molecule has 5 aromatic rings. The number of halogens is 2. The Morgan fingerprint density at radius 1 is 0.469 bits per heavy atom. The van der Waals surface area contributed by atoms with Crippen molar-refractivity contribution in [2.75, 3.05) is 0 Å². The van der Waals surface area contributed by atoms with Crippen molar-refractivity contribution in [2.24, 2.45) is 20.0 Å². The van der Waals surface area contributed by atoms with E-state index in [1.54, 1.807) is 38.1 Å². The SMILES string of the molecule is CC(=Nc1ccc(C)c(F)c1)c1cccc(C(C)=Nc2cc(C)c(N=C(C)c3cccc(C(C)=Nc4ccc(C)c(F)c4)n3)c(C)c2C)n1. The standard InChI is InChI=1S/C41H40F2N6/c1-23-16-18-32(21-34(23)42)44-28(6)36-12-10-14-38(48-36)30(8)46-40-20-25(3)41(27(5)26(40)4)47-31(9)39-15-11-13-37(49-39)29(7)45-33-19-17-24(2)35(43)22-33/h10-22H,1-9H3. The number of nitrogens with zero attached hydrogens (tertiary/aromatic N) is 6. The van der Waals surface area contributed by atoms with Crippen LogP contribution in [-0.2, 0) is 0 Å². The molecule has 0 amide bonds. The van der Waals surface area contributed by atoms with Crippen molar-refractivity contribution in [1.29, 1.82) is 0 Å². The summed E-state index contributed by atoms with van der Waals surface area (Å²) in [6, 6.07) is 23.4. The minimum absolute atomic E-state index is 0.285. The van der Waals surface area contributed by atoms with Crippen molar-refractivity contribution in [3.8, 4) is 0 Å². The van der Waals surface area contributed by atoms with E-state index in [1.807, 2.05) is 84.0 Å². The van der Waals surface area contributed by atoms with E-state index in [0.29, 0.717) is 45.3 Å². The van der Waals surface area contributed by atoms with Crippen LogP contribution >= 0.6 is 0 Å². The third-order valence-electron chi connectivity index (χ3n) is 8.48. The molecule has 0 saturated heterocycles. The molecule has 0 unspecified atom stereocenters. The van der Waals surface area contributed by atoms with Crippen molar-refractivity contribution in [3.63, 3.8) is 0 Å². The highest BCUT2D eigenvalue weighted by Gasteiger charge is 2.13. The first-order valence-electron chi connectivity index (χ1n) is 16.1. The van der Waals surface area contributed by atoms with Gasteiger partial charge in [0.1, 0.15) is 11.6 Å². The average molecular weight is 655 g/mol. The lowest BCUT2D eigenvalue weighted by Crippen LogP contribution is -2.05. The molecule has 0 fully saturated rings. The molecule has 49 heavy (non-hydrogen) atoms. The number of benzene rings is 3. The summed E-state index contributed by atoms with van der Waals surface area (Å²) in [5, 5.41) is 0. The molecule has 0 spiro atoms. The summed E-state index contributed by atoms with van der Waals surface area (Å²) in [7, 11) is 0. The Morgan fingerprint density at radius 2 is 0.878 bits per heavy atom. The first-order valence-corrected chi connectivity index (χ1v) is 16.1. The lowest BCUT2D eigenvalue weighted by molar-refractivity contribution is 0.618. The highest BCUT2D eigenvalue weighted by molar-refractivity contribution is 6.03. The maximum Gasteiger partial charge on any atom is 0.128 e. The molecule has 6 nitrogen and oxygen atoms in total. The monoisotopic (exact) mass is 654 g/mol. The van der Waals surface area contributed by atoms with Crippen molar-refractivity contribution < 1.29 is 8.78 Å². The van der Waals surface area contributed by atoms with Gasteiger partial charge in [0, 0.05) is 0 Å². The number of pyridine rings is 2. The van der Waals surface area contributed by atoms with Gasteiger partial charge in [-0.25, -0.2) is 18.7 Å². The van der Waals surface area contributed by atoms with Gasteiger partial charge in [0.15, 0.2) is 0 Å². The van der Waals surface area contributed by atoms with E-state index in [0.717, 1.165) is 50.9 Å². The van der Waals surface area contributed by atoms with Gasteiger partial charge in [-0.2, -0.15) is 0 Å². The van der Waals surface area contributed by atoms with Gasteiger partial charge in [-0.3, -0.25) is 20.0 Å². The molecule has 2 heterocycles. The van der Waals surface area contributed by atoms with E-state index < -0.39 is 0 Å². The van der Waals surface area contributed by atoms with Crippen LogP contribution in [0.15, 0.2) is 98.8 Å². The van der Waals surface area contributed by atoms with Gasteiger partial charge >= 0.3 is 0 Å². The molecule has 0 atom stereocenters. The third-order valence-corrected chi connectivity index (χ3v) is 8.48. The van der Waals surface area contributed by atoms with Crippen LogP contribution in [-0.4, -0.2) is 32.8 Å². The first-order chi connectivity index (χ1) is 23.3. The molecule has 0 radical (unpaired) electrons. The van der Waals surface area contributed by atoms with Crippen LogP contribution < -0.4 is 0 Å². The Balaban J connectivity index is 1.40. The summed E-state index contributed by atoms with van der Waals surface area (Å²) in [4.78, 5) is 28.8. The molecule has 0 aliphatic heterocycles. The maximum absolute atomic E-state index is 14.1. The van der Waals surface area contributed by atoms with Crippen LogP contribution in [0.2, 0.25) is 0 Å². The Kier molecular flexibility index (Phi) is 10.5. The molecule has 5 rings (SSSR count). The zero-order valence-corrected chi connectivity index (χ0v) is 29.4. The van der Waals surface area contributed by atoms with Gasteiger partial charge in [0.2, 0.25) is 0 Å². The van der Waals surface area contributed by atoms with Crippen LogP contribution in [0.5, 0.6) is 0 Å². The second-order valence-electron chi connectivity index (χ2n) is 12.3. The highest BCUT2D eigenvalue weighted by atomic mass is 19.1. The quantitative estimate of drug-likeness (QED) is 0.156. The lowest BCUT2D eigenvalue weighted by atomic mass is 10.0. The van der Waals surface area contributed by atoms with Crippen LogP contribution in [0.25, 0.3) is 0 Å². The van der Waals surface area contributed by atoms with Gasteiger partial charge in [-0.15, -0.1) is 0 Å². The number of rotatable bonds is 8. The number of aromatic nitrogens is 2. The molecule has 3 aromatic carbocycles. The normalized spacial score (nSPS) is 12.9. The maximum atomic E-state index is 14.1. The third kappa shape index (κ3) is 8.15. The molecule has 2 aromatic heterocycles. The fourth-order valence-electron chi connectivity index (χ4n) is 5.28. The molecule has 248 valence electrons. The number of hydrogen-bond acceptors (Lipinski definition) is 6. The zero-order chi connectivity index (χ0) is 35.4. The summed E-state index contributed by atoms with van der Waals surface area (Å²) in [5.74, 6) is -0.571. The van der Waals surface area contributed by atoms with E-state index in [2.05, 4.69) is 16.9 Å². The highest BCUT2D eigenvalue weighted by Crippen LogP contribution is 2.34. The molecule has 8 heteroatoms. The first kappa shape index (κ1) is 34.8. The van der Waals surface area contributed by atoms with Crippen LogP contribution in [0.4, 0.5) is 31.5 Å². The minimum atomic E-state index is -0.285. The molecule has 0 aliphatic carbocycles. The largest absolute Gasteiger partial charge is 0.251 e. The van der Waals surface area contributed by atoms with Crippen molar-refractivity contribution in [3.05, 3.63) is 141 Å². The van der Waals surface area contributed by atoms with Crippen LogP contribution in [0, 0.1) is 46.3 Å². The van der Waals surface area contributed by atoms with Crippen LogP contribution in [0.1, 0.15) is 78.3 Å². The average Bonchev–Trinajstić information content (AvgIpc) is 3.08. The smallest absolute Gasteiger partial charge is 0.128 e. The zero-order valence-electron chi connectivity index (χ0n) is 29.4. The Morgan fingerprint density at radius 3 is 1.31 bits per heavy atom. The van der Waals surface area contributed by atoms with Gasteiger partial charge in [0.25, 0.3) is 0 Å². The van der Waals surface area contributed by atoms with E-state index in [9.17, 15) is 8.78 Å². The van der Waals surface area contributed by atoms with E-state index in [4.69, 9.17) is 20.0 Å². The van der Waals surface area contributed by atoms with E-state index in [-0.39, 0.29) is 11.6 Å². The molecule has 0 N–H and O–H groups in total. The molecule has 0 saturated carbocycles. The van der Waals surface area contributed by atoms with Gasteiger partial charge < -0.3 is 0 Å². The minimum Gasteiger partial charge on any atom is -0.251 e. The second kappa shape index (κ2) is 14.7. The van der Waals surface area contributed by atoms with Crippen LogP contribution in [0.3, 0.4) is 0 Å². The predicted molar refractivity (Wildman–Crippen MR) is 199 cm³/mol. The summed E-state index contributed by atoms with van der Waals surface area (Å²) in [6.45, 7) is 17.2. The fraction of sp³-hybridized carbons (Fsp3) is 0.220.